The van der Waals surface area contributed by atoms with Crippen LogP contribution in [0.2, 0.25) is 5.02 Å². The molecule has 148 valence electrons. The average molecular weight is 420 g/mol. The Morgan fingerprint density at radius 3 is 2.50 bits per heavy atom. The van der Waals surface area contributed by atoms with Crippen LogP contribution in [0.4, 0.5) is 0 Å². The first-order valence-corrected chi connectivity index (χ1v) is 10.7. The van der Waals surface area contributed by atoms with E-state index in [1.807, 2.05) is 0 Å². The van der Waals surface area contributed by atoms with Gasteiger partial charge >= 0.3 is 0 Å². The van der Waals surface area contributed by atoms with Crippen LogP contribution in [0.1, 0.15) is 31.7 Å². The van der Waals surface area contributed by atoms with Crippen LogP contribution in [0, 0.1) is 11.3 Å². The van der Waals surface area contributed by atoms with Crippen molar-refractivity contribution < 1.29 is 17.9 Å². The van der Waals surface area contributed by atoms with Crippen LogP contribution < -0.4 is 9.47 Å². The molecule has 0 bridgehead atoms. The molecular formula is C21H22ClNO4S. The van der Waals surface area contributed by atoms with E-state index in [-0.39, 0.29) is 9.80 Å². The Bertz CT molecular complexity index is 976. The maximum absolute atomic E-state index is 12.8. The molecule has 0 spiro atoms. The van der Waals surface area contributed by atoms with Gasteiger partial charge in [0, 0.05) is 10.6 Å². The van der Waals surface area contributed by atoms with Gasteiger partial charge in [-0.15, -0.1) is 0 Å². The number of sulfone groups is 1. The molecule has 0 aliphatic carbocycles. The molecule has 0 fully saturated rings. The molecule has 0 unspecified atom stereocenters. The summed E-state index contributed by atoms with van der Waals surface area (Å²) in [6.45, 7) is 2.57. The number of hydrogen-bond acceptors (Lipinski definition) is 5. The summed E-state index contributed by atoms with van der Waals surface area (Å²) in [6, 6.07) is 12.6. The molecule has 0 heterocycles. The molecule has 0 aliphatic rings. The smallest absolute Gasteiger partial charge is 0.216 e. The third-order valence-corrected chi connectivity index (χ3v) is 5.97. The van der Waals surface area contributed by atoms with Gasteiger partial charge in [0.15, 0.2) is 11.5 Å². The predicted molar refractivity (Wildman–Crippen MR) is 110 cm³/mol. The number of nitrogens with zero attached hydrogens (tertiary/aromatic N) is 1. The number of ether oxygens (including phenoxy) is 2. The minimum atomic E-state index is -3.99. The molecule has 0 atom stereocenters. The molecule has 0 aliphatic heterocycles. The van der Waals surface area contributed by atoms with Gasteiger partial charge in [-0.3, -0.25) is 0 Å². The highest BCUT2D eigenvalue weighted by molar-refractivity contribution is 7.95. The average Bonchev–Trinajstić information content (AvgIpc) is 2.70. The first kappa shape index (κ1) is 21.8. The molecule has 0 amide bonds. The lowest BCUT2D eigenvalue weighted by Crippen LogP contribution is -2.05. The highest BCUT2D eigenvalue weighted by Crippen LogP contribution is 2.34. The lowest BCUT2D eigenvalue weighted by molar-refractivity contribution is 0.285. The zero-order valence-electron chi connectivity index (χ0n) is 15.8. The molecule has 0 radical (unpaired) electrons. The van der Waals surface area contributed by atoms with Crippen LogP contribution in [-0.2, 0) is 9.84 Å². The summed E-state index contributed by atoms with van der Waals surface area (Å²) < 4.78 is 36.9. The largest absolute Gasteiger partial charge is 0.493 e. The Balaban J connectivity index is 2.45. The number of rotatable bonds is 9. The van der Waals surface area contributed by atoms with Gasteiger partial charge in [-0.1, -0.05) is 43.5 Å². The van der Waals surface area contributed by atoms with Gasteiger partial charge < -0.3 is 9.47 Å². The lowest BCUT2D eigenvalue weighted by Gasteiger charge is -2.13. The van der Waals surface area contributed by atoms with E-state index < -0.39 is 9.84 Å². The fourth-order valence-electron chi connectivity index (χ4n) is 2.54. The Morgan fingerprint density at radius 1 is 1.18 bits per heavy atom. The lowest BCUT2D eigenvalue weighted by atomic mass is 10.1. The second kappa shape index (κ2) is 10.2. The summed E-state index contributed by atoms with van der Waals surface area (Å²) in [5.41, 5.74) is 0.463. The van der Waals surface area contributed by atoms with Crippen LogP contribution in [0.5, 0.6) is 11.5 Å². The van der Waals surface area contributed by atoms with Gasteiger partial charge in [0.05, 0.1) is 18.6 Å². The van der Waals surface area contributed by atoms with Crippen molar-refractivity contribution in [1.82, 2.24) is 0 Å². The van der Waals surface area contributed by atoms with E-state index in [2.05, 4.69) is 6.92 Å². The number of methoxy groups -OCH3 is 1. The van der Waals surface area contributed by atoms with Crippen molar-refractivity contribution in [2.75, 3.05) is 13.7 Å². The van der Waals surface area contributed by atoms with E-state index in [4.69, 9.17) is 21.1 Å². The molecule has 2 rings (SSSR count). The molecule has 2 aromatic rings. The van der Waals surface area contributed by atoms with Gasteiger partial charge in [-0.2, -0.15) is 5.26 Å². The van der Waals surface area contributed by atoms with Crippen molar-refractivity contribution in [3.63, 3.8) is 0 Å². The number of allylic oxidation sites excluding steroid dienone is 1. The molecular weight excluding hydrogens is 398 g/mol. The SMILES string of the molecule is CCCCCOc1c(C=C(C#N)S(=O)(=O)c2ccc(Cl)cc2)cccc1OC. The standard InChI is InChI=1S/C21H22ClNO4S/c1-3-4-5-13-27-21-16(7-6-8-20(21)26-2)14-19(15-23)28(24,25)18-11-9-17(22)10-12-18/h6-12,14H,3-5,13H2,1-2H3. The molecule has 7 heteroatoms. The molecule has 5 nitrogen and oxygen atoms in total. The fraction of sp³-hybridized carbons (Fsp3) is 0.286. The first-order valence-electron chi connectivity index (χ1n) is 8.86. The van der Waals surface area contributed by atoms with Crippen LogP contribution in [0.25, 0.3) is 6.08 Å². The molecule has 0 saturated heterocycles. The Labute approximate surface area is 171 Å². The van der Waals surface area contributed by atoms with Gasteiger partial charge in [0.1, 0.15) is 11.0 Å². The second-order valence-corrected chi connectivity index (χ2v) is 8.37. The predicted octanol–water partition coefficient (Wildman–Crippen LogP) is 5.26. The zero-order valence-corrected chi connectivity index (χ0v) is 17.4. The van der Waals surface area contributed by atoms with E-state index in [0.29, 0.717) is 28.7 Å². The second-order valence-electron chi connectivity index (χ2n) is 6.01. The van der Waals surface area contributed by atoms with Crippen molar-refractivity contribution in [2.45, 2.75) is 31.1 Å². The number of para-hydroxylation sites is 1. The number of nitriles is 1. The molecule has 0 saturated carbocycles. The van der Waals surface area contributed by atoms with E-state index >= 15 is 0 Å². The van der Waals surface area contributed by atoms with Crippen molar-refractivity contribution in [2.24, 2.45) is 0 Å². The van der Waals surface area contributed by atoms with E-state index in [9.17, 15) is 13.7 Å². The third kappa shape index (κ3) is 5.28. The molecule has 0 N–H and O–H groups in total. The third-order valence-electron chi connectivity index (χ3n) is 4.03. The zero-order chi connectivity index (χ0) is 20.6. The Morgan fingerprint density at radius 2 is 1.89 bits per heavy atom. The maximum atomic E-state index is 12.8. The van der Waals surface area contributed by atoms with E-state index in [1.54, 1.807) is 24.3 Å². The van der Waals surface area contributed by atoms with Crippen molar-refractivity contribution >= 4 is 27.5 Å². The van der Waals surface area contributed by atoms with Gasteiger partial charge in [0.2, 0.25) is 9.84 Å². The highest BCUT2D eigenvalue weighted by Gasteiger charge is 2.22. The van der Waals surface area contributed by atoms with Crippen LogP contribution >= 0.6 is 11.6 Å². The van der Waals surface area contributed by atoms with E-state index in [0.717, 1.165) is 19.3 Å². The summed E-state index contributed by atoms with van der Waals surface area (Å²) in [5, 5.41) is 9.92. The van der Waals surface area contributed by atoms with E-state index in [1.165, 1.54) is 37.5 Å². The summed E-state index contributed by atoms with van der Waals surface area (Å²) >= 11 is 5.83. The maximum Gasteiger partial charge on any atom is 0.216 e. The quantitative estimate of drug-likeness (QED) is 0.409. The number of benzene rings is 2. The molecule has 0 aromatic heterocycles. The summed E-state index contributed by atoms with van der Waals surface area (Å²) in [6.07, 6.45) is 4.25. The summed E-state index contributed by atoms with van der Waals surface area (Å²) in [4.78, 5) is -0.389. The van der Waals surface area contributed by atoms with Gasteiger partial charge in [0.25, 0.3) is 0 Å². The summed E-state index contributed by atoms with van der Waals surface area (Å²) in [7, 11) is -2.48. The van der Waals surface area contributed by atoms with Crippen LogP contribution in [0.3, 0.4) is 0 Å². The molecule has 28 heavy (non-hydrogen) atoms. The van der Waals surface area contributed by atoms with Crippen LogP contribution in [0.15, 0.2) is 52.3 Å². The Kier molecular flexibility index (Phi) is 7.91. The van der Waals surface area contributed by atoms with Crippen molar-refractivity contribution in [3.8, 4) is 17.6 Å². The minimum absolute atomic E-state index is 0.00184. The summed E-state index contributed by atoms with van der Waals surface area (Å²) in [5.74, 6) is 0.895. The van der Waals surface area contributed by atoms with Gasteiger partial charge in [-0.25, -0.2) is 8.42 Å². The molecule has 2 aromatic carbocycles. The van der Waals surface area contributed by atoms with Crippen LogP contribution in [-0.4, -0.2) is 22.1 Å². The minimum Gasteiger partial charge on any atom is -0.493 e. The van der Waals surface area contributed by atoms with Crippen molar-refractivity contribution in [3.05, 3.63) is 58.0 Å². The Hall–Kier alpha value is -2.49. The number of halogens is 1. The topological polar surface area (TPSA) is 76.4 Å². The normalized spacial score (nSPS) is 11.7. The number of hydrogen-bond donors (Lipinski definition) is 0. The number of unbranched alkanes of at least 4 members (excludes halogenated alkanes) is 2. The van der Waals surface area contributed by atoms with Crippen molar-refractivity contribution in [1.29, 1.82) is 5.26 Å². The van der Waals surface area contributed by atoms with Gasteiger partial charge in [-0.05, 0) is 42.8 Å². The highest BCUT2D eigenvalue weighted by atomic mass is 35.5. The fourth-order valence-corrected chi connectivity index (χ4v) is 3.82. The first-order chi connectivity index (χ1) is 13.4. The monoisotopic (exact) mass is 419 g/mol.